The molecule has 0 radical (unpaired) electrons. The Hall–Kier alpha value is -0.876. The van der Waals surface area contributed by atoms with E-state index in [0.717, 1.165) is 38.5 Å². The smallest absolute Gasteiger partial charge is 0.550 e. The van der Waals surface area contributed by atoms with E-state index in [2.05, 4.69) is 20.8 Å². The molecule has 0 fully saturated rings. The zero-order valence-electron chi connectivity index (χ0n) is 35.5. The molecule has 0 unspecified atom stereocenters. The second-order valence-corrected chi connectivity index (χ2v) is 14.5. The summed E-state index contributed by atoms with van der Waals surface area (Å²) in [6, 6.07) is 0. The van der Waals surface area contributed by atoms with Crippen LogP contribution in [0.2, 0.25) is 0 Å². The maximum absolute atomic E-state index is 10.1. The summed E-state index contributed by atoms with van der Waals surface area (Å²) >= 11 is 0. The monoisotopic (exact) mass is 773 g/mol. The number of hydrogen-bond acceptors (Lipinski definition) is 6. The first kappa shape index (κ1) is 60.4. The van der Waals surface area contributed by atoms with Gasteiger partial charge in [-0.05, 0) is 38.5 Å². The molecule has 0 aliphatic rings. The van der Waals surface area contributed by atoms with Crippen LogP contribution in [0.25, 0.3) is 0 Å². The summed E-state index contributed by atoms with van der Waals surface area (Å²) in [7, 11) is 0. The molecule has 6 nitrogen and oxygen atoms in total. The minimum Gasteiger partial charge on any atom is -0.550 e. The van der Waals surface area contributed by atoms with Crippen molar-refractivity contribution in [3.8, 4) is 0 Å². The van der Waals surface area contributed by atoms with Crippen molar-refractivity contribution in [3.05, 3.63) is 6.42 Å². The van der Waals surface area contributed by atoms with E-state index < -0.39 is 17.9 Å². The van der Waals surface area contributed by atoms with Gasteiger partial charge in [0.05, 0.1) is 0 Å². The minimum absolute atomic E-state index is 0. The van der Waals surface area contributed by atoms with E-state index in [1.54, 1.807) is 0 Å². The fraction of sp³-hybridized carbons (Fsp3) is 0.911. The van der Waals surface area contributed by atoms with Crippen molar-refractivity contribution in [1.29, 1.82) is 0 Å². The Bertz CT molecular complexity index is 572. The fourth-order valence-electron chi connectivity index (χ4n) is 5.80. The molecule has 0 atom stereocenters. The van der Waals surface area contributed by atoms with Crippen LogP contribution in [0.5, 0.6) is 0 Å². The van der Waals surface area contributed by atoms with Gasteiger partial charge in [0.1, 0.15) is 0 Å². The molecule has 0 saturated carbocycles. The summed E-state index contributed by atoms with van der Waals surface area (Å²) in [5, 5.41) is 30.4. The number of unbranched alkanes of at least 4 members (excludes halogenated alkanes) is 30. The largest absolute Gasteiger partial charge is 4.00 e. The van der Waals surface area contributed by atoms with Gasteiger partial charge in [0, 0.05) is 17.9 Å². The Balaban J connectivity index is -0.000000202. The van der Waals surface area contributed by atoms with Gasteiger partial charge in [-0.2, -0.15) is 13.8 Å². The summed E-state index contributed by atoms with van der Waals surface area (Å²) in [4.78, 5) is 30.4. The summed E-state index contributed by atoms with van der Waals surface area (Å²) in [6.45, 7) is 10.7. The first-order chi connectivity index (χ1) is 24.7. The van der Waals surface area contributed by atoms with Crippen molar-refractivity contribution in [3.63, 3.8) is 0 Å². The Morgan fingerprint density at radius 3 is 0.538 bits per heavy atom. The first-order valence-corrected chi connectivity index (χ1v) is 22.1. The molecule has 308 valence electrons. The molecule has 0 N–H and O–H groups in total. The van der Waals surface area contributed by atoms with Gasteiger partial charge in [0.2, 0.25) is 0 Å². The second-order valence-electron chi connectivity index (χ2n) is 14.5. The second kappa shape index (κ2) is 59.4. The number of carbonyl (C=O) groups excluding carboxylic acids is 3. The topological polar surface area (TPSA) is 120 Å². The molecule has 0 spiro atoms. The number of aliphatic carboxylic acids is 3. The third-order valence-electron chi connectivity index (χ3n) is 8.95. The van der Waals surface area contributed by atoms with Crippen LogP contribution in [0.15, 0.2) is 0 Å². The summed E-state index contributed by atoms with van der Waals surface area (Å²) in [6.07, 6.45) is 44.1. The van der Waals surface area contributed by atoms with E-state index in [9.17, 15) is 29.7 Å². The van der Waals surface area contributed by atoms with E-state index in [1.807, 2.05) is 20.3 Å². The van der Waals surface area contributed by atoms with Crippen LogP contribution in [-0.2, 0) is 36.1 Å². The minimum atomic E-state index is -0.907. The van der Waals surface area contributed by atoms with E-state index >= 15 is 0 Å². The van der Waals surface area contributed by atoms with Crippen molar-refractivity contribution in [2.45, 2.75) is 266 Å². The van der Waals surface area contributed by atoms with Crippen LogP contribution in [0.3, 0.4) is 0 Å². The van der Waals surface area contributed by atoms with Crippen molar-refractivity contribution in [2.24, 2.45) is 0 Å². The number of rotatable bonds is 36. The van der Waals surface area contributed by atoms with E-state index in [1.165, 1.54) is 173 Å². The maximum Gasteiger partial charge on any atom is 4.00 e. The number of carboxylic acids is 3. The van der Waals surface area contributed by atoms with Crippen molar-refractivity contribution < 1.29 is 51.4 Å². The van der Waals surface area contributed by atoms with Crippen LogP contribution in [-0.4, -0.2) is 17.9 Å². The van der Waals surface area contributed by atoms with Gasteiger partial charge in [0.25, 0.3) is 0 Å². The van der Waals surface area contributed by atoms with Gasteiger partial charge >= 0.3 is 21.7 Å². The Labute approximate surface area is 340 Å². The zero-order chi connectivity index (χ0) is 38.9. The normalized spacial score (nSPS) is 10.1. The molecule has 0 heterocycles. The molecule has 0 aliphatic carbocycles. The average Bonchev–Trinajstić information content (AvgIpc) is 3.09. The van der Waals surface area contributed by atoms with E-state index in [-0.39, 0.29) is 41.0 Å². The van der Waals surface area contributed by atoms with Crippen LogP contribution >= 0.6 is 0 Å². The third-order valence-corrected chi connectivity index (χ3v) is 8.95. The predicted molar refractivity (Wildman–Crippen MR) is 214 cm³/mol. The molecule has 0 aromatic rings. The SMILES string of the molecule is CCCCCCCCCCCCCC(=O)[O-].CCCCCCCCCCCCCC(=O)[O-].CCCCCCCCCCCCCC(=O)[O-].C[CH-]C.[Ti+4]. The molecule has 0 aromatic carbocycles. The average molecular weight is 773 g/mol. The molecule has 0 aromatic heterocycles. The fourth-order valence-corrected chi connectivity index (χ4v) is 5.80. The van der Waals surface area contributed by atoms with E-state index in [4.69, 9.17) is 0 Å². The summed E-state index contributed by atoms with van der Waals surface area (Å²) in [5.74, 6) is -2.72. The third kappa shape index (κ3) is 78.3. The quantitative estimate of drug-likeness (QED) is 0.0355. The van der Waals surface area contributed by atoms with Crippen LogP contribution < -0.4 is 15.3 Å². The molecule has 0 rings (SSSR count). The Morgan fingerprint density at radius 1 is 0.308 bits per heavy atom. The molecule has 0 saturated heterocycles. The summed E-state index contributed by atoms with van der Waals surface area (Å²) < 4.78 is 0. The number of hydrogen-bond donors (Lipinski definition) is 0. The number of carbonyl (C=O) groups is 3. The molecule has 0 bridgehead atoms. The van der Waals surface area contributed by atoms with Crippen LogP contribution in [0, 0.1) is 6.42 Å². The van der Waals surface area contributed by atoms with Gasteiger partial charge < -0.3 is 36.1 Å². The van der Waals surface area contributed by atoms with Crippen LogP contribution in [0.1, 0.15) is 266 Å². The molecule has 0 amide bonds. The molecular formula is C45H88O6Ti. The van der Waals surface area contributed by atoms with Crippen molar-refractivity contribution in [1.82, 2.24) is 0 Å². The van der Waals surface area contributed by atoms with Gasteiger partial charge in [-0.1, -0.05) is 213 Å². The molecular weight excluding hydrogens is 684 g/mol. The molecule has 7 heteroatoms. The van der Waals surface area contributed by atoms with E-state index in [0.29, 0.717) is 0 Å². The van der Waals surface area contributed by atoms with Gasteiger partial charge in [0.15, 0.2) is 0 Å². The maximum atomic E-state index is 10.1. The summed E-state index contributed by atoms with van der Waals surface area (Å²) in [5.41, 5.74) is 0. The Morgan fingerprint density at radius 2 is 0.423 bits per heavy atom. The standard InChI is InChI=1S/3C14H28O2.C3H7.Ti/c3*1-2-3-4-5-6-7-8-9-10-11-12-13-14(15)16;1-3-2;/h3*2-13H2,1H3,(H,15,16);3H,1-2H3;/q;;;-1;+4/p-3. The van der Waals surface area contributed by atoms with Gasteiger partial charge in [-0.25, -0.2) is 0 Å². The predicted octanol–water partition coefficient (Wildman–Crippen LogP) is 11.5. The van der Waals surface area contributed by atoms with Crippen molar-refractivity contribution >= 4 is 17.9 Å². The number of carboxylic acid groups (broad SMARTS) is 3. The van der Waals surface area contributed by atoms with Crippen molar-refractivity contribution in [2.75, 3.05) is 0 Å². The zero-order valence-corrected chi connectivity index (χ0v) is 37.0. The molecule has 0 aliphatic heterocycles. The van der Waals surface area contributed by atoms with Gasteiger partial charge in [-0.3, -0.25) is 0 Å². The molecule has 52 heavy (non-hydrogen) atoms. The Kier molecular flexibility index (Phi) is 69.0. The van der Waals surface area contributed by atoms with Crippen LogP contribution in [0.4, 0.5) is 0 Å². The van der Waals surface area contributed by atoms with Gasteiger partial charge in [-0.15, -0.1) is 0 Å². The first-order valence-electron chi connectivity index (χ1n) is 22.1.